The average molecular weight is 359 g/mol. The summed E-state index contributed by atoms with van der Waals surface area (Å²) in [6.45, 7) is 3.53. The Balaban J connectivity index is 2.31. The van der Waals surface area contributed by atoms with E-state index in [0.717, 1.165) is 16.8 Å². The monoisotopic (exact) mass is 358 g/mol. The minimum Gasteiger partial charge on any atom is -0.229 e. The van der Waals surface area contributed by atoms with Gasteiger partial charge in [0, 0.05) is 23.4 Å². The summed E-state index contributed by atoms with van der Waals surface area (Å²) in [6, 6.07) is 5.39. The van der Waals surface area contributed by atoms with Crippen LogP contribution in [-0.4, -0.2) is 24.1 Å². The van der Waals surface area contributed by atoms with Crippen molar-refractivity contribution in [1.29, 1.82) is 0 Å². The molecule has 7 heteroatoms. The molecule has 0 unspecified atom stereocenters. The second-order valence-corrected chi connectivity index (χ2v) is 8.15. The summed E-state index contributed by atoms with van der Waals surface area (Å²) in [5, 5.41) is 0.654. The molecule has 0 aliphatic heterocycles. The molecule has 2 aromatic rings. The molecule has 0 saturated heterocycles. The number of sulfone groups is 1. The summed E-state index contributed by atoms with van der Waals surface area (Å²) in [4.78, 5) is 8.14. The second-order valence-electron chi connectivity index (χ2n) is 5.05. The van der Waals surface area contributed by atoms with Crippen LogP contribution < -0.4 is 0 Å². The predicted molar refractivity (Wildman–Crippen MR) is 89.2 cm³/mol. The smallest absolute Gasteiger partial charge is 0.222 e. The Morgan fingerprint density at radius 3 is 2.64 bits per heavy atom. The Morgan fingerprint density at radius 2 is 1.95 bits per heavy atom. The molecule has 0 aliphatic carbocycles. The van der Waals surface area contributed by atoms with Gasteiger partial charge in [-0.2, -0.15) is 0 Å². The fraction of sp³-hybridized carbons (Fsp3) is 0.333. The summed E-state index contributed by atoms with van der Waals surface area (Å²) in [5.74, 6) is 0.0356. The lowest BCUT2D eigenvalue weighted by molar-refractivity contribution is 0.596. The van der Waals surface area contributed by atoms with Gasteiger partial charge in [-0.25, -0.2) is 18.4 Å². The molecule has 2 rings (SSSR count). The summed E-state index contributed by atoms with van der Waals surface area (Å²) in [5.41, 5.74) is 3.29. The van der Waals surface area contributed by atoms with Crippen LogP contribution in [0.2, 0.25) is 10.3 Å². The fourth-order valence-electron chi connectivity index (χ4n) is 2.01. The number of hydrogen-bond acceptors (Lipinski definition) is 4. The highest BCUT2D eigenvalue weighted by molar-refractivity contribution is 7.90. The van der Waals surface area contributed by atoms with Gasteiger partial charge in [0.05, 0.1) is 11.4 Å². The van der Waals surface area contributed by atoms with E-state index in [0.29, 0.717) is 17.0 Å². The minimum absolute atomic E-state index is 0.0559. The number of hydrogen-bond donors (Lipinski definition) is 0. The van der Waals surface area contributed by atoms with Gasteiger partial charge in [0.1, 0.15) is 0 Å². The topological polar surface area (TPSA) is 59.9 Å². The molecule has 0 bridgehead atoms. The third-order valence-corrected chi connectivity index (χ3v) is 5.53. The van der Waals surface area contributed by atoms with E-state index in [1.807, 2.05) is 19.1 Å². The van der Waals surface area contributed by atoms with Crippen LogP contribution >= 0.6 is 23.2 Å². The standard InChI is InChI=1S/C15H16Cl2N2O2S/c1-3-22(20,21)9-12-6-11(4-5-13(12)16)7-14-10(2)8-18-15(17)19-14/h4-6,8H,3,7,9H2,1-2H3. The molecule has 0 radical (unpaired) electrons. The van der Waals surface area contributed by atoms with Crippen molar-refractivity contribution < 1.29 is 8.42 Å². The maximum atomic E-state index is 11.8. The van der Waals surface area contributed by atoms with E-state index in [2.05, 4.69) is 9.97 Å². The lowest BCUT2D eigenvalue weighted by Gasteiger charge is -2.09. The van der Waals surface area contributed by atoms with E-state index < -0.39 is 9.84 Å². The van der Waals surface area contributed by atoms with Crippen LogP contribution in [0, 0.1) is 6.92 Å². The van der Waals surface area contributed by atoms with E-state index in [1.165, 1.54) is 0 Å². The highest BCUT2D eigenvalue weighted by atomic mass is 35.5. The van der Waals surface area contributed by atoms with Gasteiger partial charge in [0.25, 0.3) is 0 Å². The lowest BCUT2D eigenvalue weighted by Crippen LogP contribution is -2.07. The first kappa shape index (κ1) is 17.2. The molecule has 1 heterocycles. The Morgan fingerprint density at radius 1 is 1.23 bits per heavy atom. The van der Waals surface area contributed by atoms with Crippen LogP contribution in [0.3, 0.4) is 0 Å². The molecule has 22 heavy (non-hydrogen) atoms. The van der Waals surface area contributed by atoms with E-state index in [4.69, 9.17) is 23.2 Å². The predicted octanol–water partition coefficient (Wildman–Crippen LogP) is 3.62. The van der Waals surface area contributed by atoms with Gasteiger partial charge in [0.2, 0.25) is 5.28 Å². The highest BCUT2D eigenvalue weighted by Crippen LogP contribution is 2.22. The number of rotatable bonds is 5. The zero-order valence-corrected chi connectivity index (χ0v) is 14.6. The molecule has 0 amide bonds. The van der Waals surface area contributed by atoms with E-state index in [9.17, 15) is 8.42 Å². The quantitative estimate of drug-likeness (QED) is 0.765. The number of halogens is 2. The summed E-state index contributed by atoms with van der Waals surface area (Å²) < 4.78 is 23.6. The average Bonchev–Trinajstić information content (AvgIpc) is 2.46. The molecular weight excluding hydrogens is 343 g/mol. The SMILES string of the molecule is CCS(=O)(=O)Cc1cc(Cc2nc(Cl)ncc2C)ccc1Cl. The van der Waals surface area contributed by atoms with Crippen LogP contribution in [0.5, 0.6) is 0 Å². The van der Waals surface area contributed by atoms with Gasteiger partial charge in [0.15, 0.2) is 9.84 Å². The van der Waals surface area contributed by atoms with Crippen molar-refractivity contribution in [3.05, 3.63) is 57.1 Å². The van der Waals surface area contributed by atoms with Crippen LogP contribution in [0.4, 0.5) is 0 Å². The molecule has 1 aromatic heterocycles. The Kier molecular flexibility index (Phi) is 5.42. The summed E-state index contributed by atoms with van der Waals surface area (Å²) in [6.07, 6.45) is 2.22. The van der Waals surface area contributed by atoms with Gasteiger partial charge in [-0.1, -0.05) is 30.7 Å². The van der Waals surface area contributed by atoms with Gasteiger partial charge in [-0.3, -0.25) is 0 Å². The van der Waals surface area contributed by atoms with E-state index in [-0.39, 0.29) is 16.8 Å². The fourth-order valence-corrected chi connectivity index (χ4v) is 3.34. The summed E-state index contributed by atoms with van der Waals surface area (Å²) in [7, 11) is -3.13. The highest BCUT2D eigenvalue weighted by Gasteiger charge is 2.13. The normalized spacial score (nSPS) is 11.6. The molecule has 0 fully saturated rings. The van der Waals surface area contributed by atoms with Crippen molar-refractivity contribution in [2.75, 3.05) is 5.75 Å². The number of aromatic nitrogens is 2. The summed E-state index contributed by atoms with van der Waals surface area (Å²) >= 11 is 11.9. The van der Waals surface area contributed by atoms with Crippen molar-refractivity contribution in [3.63, 3.8) is 0 Å². The molecule has 0 saturated carbocycles. The van der Waals surface area contributed by atoms with Gasteiger partial charge in [-0.05, 0) is 41.3 Å². The molecular formula is C15H16Cl2N2O2S. The third-order valence-electron chi connectivity index (χ3n) is 3.34. The van der Waals surface area contributed by atoms with Crippen LogP contribution in [0.15, 0.2) is 24.4 Å². The zero-order chi connectivity index (χ0) is 16.3. The Hall–Kier alpha value is -1.17. The number of aryl methyl sites for hydroxylation is 1. The maximum Gasteiger partial charge on any atom is 0.222 e. The number of nitrogens with zero attached hydrogens (tertiary/aromatic N) is 2. The molecule has 0 N–H and O–H groups in total. The lowest BCUT2D eigenvalue weighted by atomic mass is 10.0. The maximum absolute atomic E-state index is 11.8. The van der Waals surface area contributed by atoms with Gasteiger partial charge < -0.3 is 0 Å². The van der Waals surface area contributed by atoms with Crippen LogP contribution in [0.1, 0.15) is 29.3 Å². The Bertz CT molecular complexity index is 792. The van der Waals surface area contributed by atoms with E-state index in [1.54, 1.807) is 19.2 Å². The van der Waals surface area contributed by atoms with Crippen LogP contribution in [-0.2, 0) is 22.0 Å². The second kappa shape index (κ2) is 6.94. The van der Waals surface area contributed by atoms with Crippen molar-refractivity contribution in [2.24, 2.45) is 0 Å². The molecule has 0 atom stereocenters. The molecule has 1 aromatic carbocycles. The first-order chi connectivity index (χ1) is 10.3. The van der Waals surface area contributed by atoms with Gasteiger partial charge in [-0.15, -0.1) is 0 Å². The van der Waals surface area contributed by atoms with Crippen molar-refractivity contribution in [1.82, 2.24) is 9.97 Å². The van der Waals surface area contributed by atoms with Crippen LogP contribution in [0.25, 0.3) is 0 Å². The minimum atomic E-state index is -3.13. The van der Waals surface area contributed by atoms with Crippen molar-refractivity contribution >= 4 is 33.0 Å². The molecule has 0 aliphatic rings. The largest absolute Gasteiger partial charge is 0.229 e. The van der Waals surface area contributed by atoms with Crippen molar-refractivity contribution in [2.45, 2.75) is 26.0 Å². The Labute approximate surface area is 140 Å². The molecule has 118 valence electrons. The molecule has 0 spiro atoms. The van der Waals surface area contributed by atoms with E-state index >= 15 is 0 Å². The molecule has 4 nitrogen and oxygen atoms in total. The number of benzene rings is 1. The van der Waals surface area contributed by atoms with Gasteiger partial charge >= 0.3 is 0 Å². The van der Waals surface area contributed by atoms with Crippen molar-refractivity contribution in [3.8, 4) is 0 Å². The first-order valence-corrected chi connectivity index (χ1v) is 9.34. The third kappa shape index (κ3) is 4.41. The first-order valence-electron chi connectivity index (χ1n) is 6.76. The zero-order valence-electron chi connectivity index (χ0n) is 12.3.